The average Bonchev–Trinajstić information content (AvgIpc) is 2.11. The molecule has 0 amide bonds. The van der Waals surface area contributed by atoms with Gasteiger partial charge in [0, 0.05) is 13.3 Å². The van der Waals surface area contributed by atoms with E-state index in [2.05, 4.69) is 39.6 Å². The SMILES string of the molecule is CCC(C)/C(C=NC)=C(/C)C(C)C. The van der Waals surface area contributed by atoms with Crippen LogP contribution in [0.15, 0.2) is 16.1 Å². The predicted octanol–water partition coefficient (Wildman–Crippen LogP) is 3.71. The molecule has 1 nitrogen and oxygen atoms in total. The maximum Gasteiger partial charge on any atom is 0.0277 e. The first kappa shape index (κ1) is 12.4. The van der Waals surface area contributed by atoms with Crippen molar-refractivity contribution in [2.45, 2.75) is 41.0 Å². The standard InChI is InChI=1S/C12H23N/c1-7-10(4)12(8-13-6)11(5)9(2)3/h8-10H,7H2,1-6H3/b12-11-,13-8?. The van der Waals surface area contributed by atoms with E-state index >= 15 is 0 Å². The quantitative estimate of drug-likeness (QED) is 0.586. The molecule has 0 saturated heterocycles. The van der Waals surface area contributed by atoms with E-state index in [1.807, 2.05) is 13.3 Å². The molecule has 0 aromatic carbocycles. The number of hydrogen-bond donors (Lipinski definition) is 0. The molecule has 0 heterocycles. The summed E-state index contributed by atoms with van der Waals surface area (Å²) in [6, 6.07) is 0. The Hall–Kier alpha value is -0.590. The summed E-state index contributed by atoms with van der Waals surface area (Å²) in [5, 5.41) is 0. The zero-order chi connectivity index (χ0) is 10.4. The Bertz CT molecular complexity index is 199. The van der Waals surface area contributed by atoms with E-state index in [0.717, 1.165) is 0 Å². The summed E-state index contributed by atoms with van der Waals surface area (Å²) in [5.74, 6) is 1.26. The zero-order valence-electron chi connectivity index (χ0n) is 9.89. The van der Waals surface area contributed by atoms with Gasteiger partial charge in [0.1, 0.15) is 0 Å². The first-order chi connectivity index (χ1) is 6.04. The van der Waals surface area contributed by atoms with Crippen molar-refractivity contribution in [3.8, 4) is 0 Å². The van der Waals surface area contributed by atoms with Gasteiger partial charge in [0.2, 0.25) is 0 Å². The van der Waals surface area contributed by atoms with Crippen LogP contribution >= 0.6 is 0 Å². The summed E-state index contributed by atoms with van der Waals surface area (Å²) in [5.41, 5.74) is 2.89. The number of rotatable bonds is 4. The normalized spacial score (nSPS) is 16.5. The molecule has 0 saturated carbocycles. The molecule has 1 atom stereocenters. The van der Waals surface area contributed by atoms with Gasteiger partial charge in [0.25, 0.3) is 0 Å². The molecule has 0 radical (unpaired) electrons. The summed E-state index contributed by atoms with van der Waals surface area (Å²) in [7, 11) is 1.84. The van der Waals surface area contributed by atoms with Gasteiger partial charge in [-0.25, -0.2) is 0 Å². The lowest BCUT2D eigenvalue weighted by Crippen LogP contribution is -2.05. The fourth-order valence-corrected chi connectivity index (χ4v) is 1.31. The lowest BCUT2D eigenvalue weighted by molar-refractivity contribution is 0.650. The molecule has 0 aromatic rings. The van der Waals surface area contributed by atoms with Gasteiger partial charge in [-0.3, -0.25) is 4.99 Å². The number of nitrogens with zero attached hydrogens (tertiary/aromatic N) is 1. The van der Waals surface area contributed by atoms with Crippen molar-refractivity contribution in [2.24, 2.45) is 16.8 Å². The highest BCUT2D eigenvalue weighted by molar-refractivity contribution is 5.80. The Balaban J connectivity index is 4.87. The van der Waals surface area contributed by atoms with Crippen LogP contribution in [0.4, 0.5) is 0 Å². The minimum Gasteiger partial charge on any atom is -0.296 e. The maximum absolute atomic E-state index is 4.13. The molecule has 0 aliphatic carbocycles. The molecule has 0 aliphatic heterocycles. The molecule has 0 bridgehead atoms. The molecular weight excluding hydrogens is 158 g/mol. The average molecular weight is 181 g/mol. The Morgan fingerprint density at radius 1 is 1.31 bits per heavy atom. The van der Waals surface area contributed by atoms with Gasteiger partial charge in [-0.15, -0.1) is 0 Å². The van der Waals surface area contributed by atoms with Gasteiger partial charge in [-0.05, 0) is 30.8 Å². The summed E-state index contributed by atoms with van der Waals surface area (Å²) < 4.78 is 0. The lowest BCUT2D eigenvalue weighted by Gasteiger charge is -2.16. The third-order valence-electron chi connectivity index (χ3n) is 2.73. The van der Waals surface area contributed by atoms with Crippen LogP contribution in [0.2, 0.25) is 0 Å². The fourth-order valence-electron chi connectivity index (χ4n) is 1.31. The van der Waals surface area contributed by atoms with E-state index < -0.39 is 0 Å². The highest BCUT2D eigenvalue weighted by Gasteiger charge is 2.09. The highest BCUT2D eigenvalue weighted by atomic mass is 14.6. The van der Waals surface area contributed by atoms with E-state index in [9.17, 15) is 0 Å². The van der Waals surface area contributed by atoms with Crippen LogP contribution in [-0.2, 0) is 0 Å². The van der Waals surface area contributed by atoms with Crippen LogP contribution in [-0.4, -0.2) is 13.3 Å². The van der Waals surface area contributed by atoms with Crippen LogP contribution in [0.5, 0.6) is 0 Å². The van der Waals surface area contributed by atoms with Crippen molar-refractivity contribution in [3.05, 3.63) is 11.1 Å². The second kappa shape index (κ2) is 5.95. The molecule has 1 heteroatoms. The third kappa shape index (κ3) is 3.75. The second-order valence-electron chi connectivity index (χ2n) is 3.99. The molecule has 0 rings (SSSR count). The number of hydrogen-bond acceptors (Lipinski definition) is 1. The van der Waals surface area contributed by atoms with Gasteiger partial charge >= 0.3 is 0 Å². The minimum atomic E-state index is 0.627. The highest BCUT2D eigenvalue weighted by Crippen LogP contribution is 2.21. The van der Waals surface area contributed by atoms with E-state index in [4.69, 9.17) is 0 Å². The molecule has 0 fully saturated rings. The van der Waals surface area contributed by atoms with Gasteiger partial charge in [-0.1, -0.05) is 33.3 Å². The molecule has 0 aromatic heterocycles. The molecule has 1 unspecified atom stereocenters. The molecule has 0 aliphatic rings. The molecule has 0 N–H and O–H groups in total. The van der Waals surface area contributed by atoms with Crippen molar-refractivity contribution < 1.29 is 0 Å². The van der Waals surface area contributed by atoms with Crippen molar-refractivity contribution in [2.75, 3.05) is 7.05 Å². The van der Waals surface area contributed by atoms with E-state index in [0.29, 0.717) is 11.8 Å². The van der Waals surface area contributed by atoms with Crippen molar-refractivity contribution in [3.63, 3.8) is 0 Å². The Labute approximate surface area is 83.0 Å². The fraction of sp³-hybridized carbons (Fsp3) is 0.750. The van der Waals surface area contributed by atoms with Crippen molar-refractivity contribution in [1.29, 1.82) is 0 Å². The van der Waals surface area contributed by atoms with Crippen molar-refractivity contribution in [1.82, 2.24) is 0 Å². The largest absolute Gasteiger partial charge is 0.296 e. The van der Waals surface area contributed by atoms with Crippen LogP contribution in [0.25, 0.3) is 0 Å². The summed E-state index contributed by atoms with van der Waals surface area (Å²) in [6.07, 6.45) is 3.20. The summed E-state index contributed by atoms with van der Waals surface area (Å²) in [6.45, 7) is 11.2. The predicted molar refractivity (Wildman–Crippen MR) is 61.4 cm³/mol. The van der Waals surface area contributed by atoms with Crippen LogP contribution in [0, 0.1) is 11.8 Å². The third-order valence-corrected chi connectivity index (χ3v) is 2.73. The van der Waals surface area contributed by atoms with Gasteiger partial charge in [0.15, 0.2) is 0 Å². The van der Waals surface area contributed by atoms with Crippen molar-refractivity contribution >= 4 is 6.21 Å². The van der Waals surface area contributed by atoms with E-state index in [-0.39, 0.29) is 0 Å². The van der Waals surface area contributed by atoms with Gasteiger partial charge in [0.05, 0.1) is 0 Å². The summed E-state index contributed by atoms with van der Waals surface area (Å²) in [4.78, 5) is 4.13. The smallest absolute Gasteiger partial charge is 0.0277 e. The Morgan fingerprint density at radius 2 is 1.85 bits per heavy atom. The van der Waals surface area contributed by atoms with Crippen LogP contribution in [0.1, 0.15) is 41.0 Å². The van der Waals surface area contributed by atoms with Gasteiger partial charge < -0.3 is 0 Å². The maximum atomic E-state index is 4.13. The molecule has 0 spiro atoms. The first-order valence-electron chi connectivity index (χ1n) is 5.17. The Morgan fingerprint density at radius 3 is 2.15 bits per heavy atom. The lowest BCUT2D eigenvalue weighted by atomic mass is 9.90. The van der Waals surface area contributed by atoms with E-state index in [1.54, 1.807) is 0 Å². The Kier molecular flexibility index (Phi) is 5.68. The zero-order valence-corrected chi connectivity index (χ0v) is 9.89. The molecule has 13 heavy (non-hydrogen) atoms. The topological polar surface area (TPSA) is 12.4 Å². The molecular formula is C12H23N. The summed E-state index contributed by atoms with van der Waals surface area (Å²) >= 11 is 0. The minimum absolute atomic E-state index is 0.627. The number of allylic oxidation sites excluding steroid dienone is 2. The number of aliphatic imine (C=N–C) groups is 1. The first-order valence-corrected chi connectivity index (χ1v) is 5.17. The van der Waals surface area contributed by atoms with Gasteiger partial charge in [-0.2, -0.15) is 0 Å². The van der Waals surface area contributed by atoms with Crippen LogP contribution < -0.4 is 0 Å². The van der Waals surface area contributed by atoms with E-state index in [1.165, 1.54) is 17.6 Å². The monoisotopic (exact) mass is 181 g/mol. The molecule has 76 valence electrons. The second-order valence-corrected chi connectivity index (χ2v) is 3.99. The van der Waals surface area contributed by atoms with Crippen LogP contribution in [0.3, 0.4) is 0 Å².